The molecule has 0 aromatic heterocycles. The number of nitrogens with zero attached hydrogens (tertiary/aromatic N) is 2. The summed E-state index contributed by atoms with van der Waals surface area (Å²) in [5.41, 5.74) is 1.74. The number of para-hydroxylation sites is 1. The number of amides is 2. The van der Waals surface area contributed by atoms with Crippen LogP contribution in [0.1, 0.15) is 24.2 Å². The van der Waals surface area contributed by atoms with E-state index >= 15 is 0 Å². The largest absolute Gasteiger partial charge is 0.363 e. The van der Waals surface area contributed by atoms with Crippen LogP contribution >= 0.6 is 0 Å². The SMILES string of the molecule is CC1CN(C(=O)CNC(=O)c2ccccc2)CC(C)N1c1ccccc1. The van der Waals surface area contributed by atoms with Crippen LogP contribution in [0.2, 0.25) is 0 Å². The zero-order valence-corrected chi connectivity index (χ0v) is 15.3. The van der Waals surface area contributed by atoms with Crippen LogP contribution in [0.5, 0.6) is 0 Å². The van der Waals surface area contributed by atoms with Crippen LogP contribution in [-0.4, -0.2) is 48.4 Å². The minimum atomic E-state index is -0.219. The van der Waals surface area contributed by atoms with Crippen molar-refractivity contribution in [3.63, 3.8) is 0 Å². The maximum Gasteiger partial charge on any atom is 0.251 e. The molecule has 2 aromatic carbocycles. The zero-order valence-electron chi connectivity index (χ0n) is 15.3. The first-order valence-corrected chi connectivity index (χ1v) is 9.00. The van der Waals surface area contributed by atoms with Gasteiger partial charge >= 0.3 is 0 Å². The summed E-state index contributed by atoms with van der Waals surface area (Å²) in [6.45, 7) is 5.59. The Labute approximate surface area is 154 Å². The molecule has 2 atom stereocenters. The molecule has 3 rings (SSSR count). The fourth-order valence-corrected chi connectivity index (χ4v) is 3.59. The number of piperazine rings is 1. The van der Waals surface area contributed by atoms with Gasteiger partial charge in [0.2, 0.25) is 5.91 Å². The van der Waals surface area contributed by atoms with E-state index in [4.69, 9.17) is 0 Å². The molecule has 1 aliphatic rings. The summed E-state index contributed by atoms with van der Waals surface area (Å²) in [5.74, 6) is -0.260. The van der Waals surface area contributed by atoms with Gasteiger partial charge < -0.3 is 15.1 Å². The van der Waals surface area contributed by atoms with Crippen LogP contribution in [0.4, 0.5) is 5.69 Å². The lowest BCUT2D eigenvalue weighted by atomic mass is 10.1. The van der Waals surface area contributed by atoms with Crippen LogP contribution in [0.3, 0.4) is 0 Å². The van der Waals surface area contributed by atoms with Gasteiger partial charge in [-0.25, -0.2) is 0 Å². The van der Waals surface area contributed by atoms with E-state index in [2.05, 4.69) is 36.2 Å². The Morgan fingerprint density at radius 2 is 1.46 bits per heavy atom. The fraction of sp³-hybridized carbons (Fsp3) is 0.333. The van der Waals surface area contributed by atoms with Gasteiger partial charge in [0.05, 0.1) is 6.54 Å². The molecule has 2 aromatic rings. The molecule has 1 heterocycles. The number of nitrogens with one attached hydrogen (secondary N) is 1. The third kappa shape index (κ3) is 4.04. The minimum absolute atomic E-state index is 0.0263. The van der Waals surface area contributed by atoms with Crippen LogP contribution in [0.25, 0.3) is 0 Å². The van der Waals surface area contributed by atoms with Crippen molar-refractivity contribution in [2.24, 2.45) is 0 Å². The second kappa shape index (κ2) is 8.04. The summed E-state index contributed by atoms with van der Waals surface area (Å²) in [5, 5.41) is 2.72. The number of carbonyl (C=O) groups excluding carboxylic acids is 2. The van der Waals surface area contributed by atoms with Gasteiger partial charge in [-0.2, -0.15) is 0 Å². The highest BCUT2D eigenvalue weighted by molar-refractivity contribution is 5.96. The molecule has 1 saturated heterocycles. The Hall–Kier alpha value is -2.82. The molecule has 0 aliphatic carbocycles. The average Bonchev–Trinajstić information content (AvgIpc) is 2.66. The minimum Gasteiger partial charge on any atom is -0.363 e. The smallest absolute Gasteiger partial charge is 0.251 e. The highest BCUT2D eigenvalue weighted by Gasteiger charge is 2.31. The number of anilines is 1. The summed E-state index contributed by atoms with van der Waals surface area (Å²) in [7, 11) is 0. The van der Waals surface area contributed by atoms with Crippen molar-refractivity contribution in [2.45, 2.75) is 25.9 Å². The lowest BCUT2D eigenvalue weighted by Gasteiger charge is -2.46. The lowest BCUT2D eigenvalue weighted by Crippen LogP contribution is -2.59. The number of hydrogen-bond donors (Lipinski definition) is 1. The number of carbonyl (C=O) groups is 2. The zero-order chi connectivity index (χ0) is 18.5. The standard InChI is InChI=1S/C21H25N3O2/c1-16-14-23(15-17(2)24(16)19-11-7-4-8-12-19)20(25)13-22-21(26)18-9-5-3-6-10-18/h3-12,16-17H,13-15H2,1-2H3,(H,22,26). The molecule has 5 heteroatoms. The second-order valence-corrected chi connectivity index (χ2v) is 6.79. The summed E-state index contributed by atoms with van der Waals surface area (Å²) in [6, 6.07) is 19.7. The van der Waals surface area contributed by atoms with Gasteiger partial charge in [0.15, 0.2) is 0 Å². The second-order valence-electron chi connectivity index (χ2n) is 6.79. The normalized spacial score (nSPS) is 19.9. The van der Waals surface area contributed by atoms with E-state index < -0.39 is 0 Å². The van der Waals surface area contributed by atoms with Gasteiger partial charge in [-0.05, 0) is 38.1 Å². The van der Waals surface area contributed by atoms with E-state index in [1.807, 2.05) is 41.3 Å². The molecule has 0 saturated carbocycles. The van der Waals surface area contributed by atoms with E-state index in [0.717, 1.165) is 0 Å². The molecule has 1 N–H and O–H groups in total. The highest BCUT2D eigenvalue weighted by Crippen LogP contribution is 2.24. The van der Waals surface area contributed by atoms with Crippen LogP contribution < -0.4 is 10.2 Å². The topological polar surface area (TPSA) is 52.7 Å². The van der Waals surface area contributed by atoms with Gasteiger partial charge in [0, 0.05) is 36.4 Å². The van der Waals surface area contributed by atoms with E-state index in [1.54, 1.807) is 12.1 Å². The monoisotopic (exact) mass is 351 g/mol. The Bertz CT molecular complexity index is 736. The molecular weight excluding hydrogens is 326 g/mol. The van der Waals surface area contributed by atoms with Crippen LogP contribution in [-0.2, 0) is 4.79 Å². The van der Waals surface area contributed by atoms with Crippen molar-refractivity contribution in [1.29, 1.82) is 0 Å². The first-order valence-electron chi connectivity index (χ1n) is 9.00. The van der Waals surface area contributed by atoms with Crippen LogP contribution in [0.15, 0.2) is 60.7 Å². The van der Waals surface area contributed by atoms with Crippen LogP contribution in [0, 0.1) is 0 Å². The molecule has 136 valence electrons. The molecule has 2 unspecified atom stereocenters. The molecule has 0 bridgehead atoms. The first-order chi connectivity index (χ1) is 12.6. The quantitative estimate of drug-likeness (QED) is 0.921. The molecule has 0 radical (unpaired) electrons. The Morgan fingerprint density at radius 1 is 0.923 bits per heavy atom. The molecule has 1 aliphatic heterocycles. The summed E-state index contributed by atoms with van der Waals surface area (Å²) in [6.07, 6.45) is 0. The predicted octanol–water partition coefficient (Wildman–Crippen LogP) is 2.54. The maximum absolute atomic E-state index is 12.6. The Balaban J connectivity index is 1.57. The van der Waals surface area contributed by atoms with E-state index in [0.29, 0.717) is 18.7 Å². The van der Waals surface area contributed by atoms with Crippen molar-refractivity contribution < 1.29 is 9.59 Å². The van der Waals surface area contributed by atoms with Crippen molar-refractivity contribution in [3.05, 3.63) is 66.2 Å². The van der Waals surface area contributed by atoms with E-state index in [1.165, 1.54) is 5.69 Å². The van der Waals surface area contributed by atoms with Crippen molar-refractivity contribution in [3.8, 4) is 0 Å². The van der Waals surface area contributed by atoms with E-state index in [-0.39, 0.29) is 30.4 Å². The van der Waals surface area contributed by atoms with Crippen molar-refractivity contribution in [1.82, 2.24) is 10.2 Å². The highest BCUT2D eigenvalue weighted by atomic mass is 16.2. The molecule has 1 fully saturated rings. The number of hydrogen-bond acceptors (Lipinski definition) is 3. The summed E-state index contributed by atoms with van der Waals surface area (Å²) >= 11 is 0. The maximum atomic E-state index is 12.6. The third-order valence-corrected chi connectivity index (χ3v) is 4.76. The Kier molecular flexibility index (Phi) is 5.56. The lowest BCUT2D eigenvalue weighted by molar-refractivity contribution is -0.131. The van der Waals surface area contributed by atoms with Gasteiger partial charge in [0.1, 0.15) is 0 Å². The third-order valence-electron chi connectivity index (χ3n) is 4.76. The molecule has 0 spiro atoms. The predicted molar refractivity (Wildman–Crippen MR) is 103 cm³/mol. The molecule has 26 heavy (non-hydrogen) atoms. The van der Waals surface area contributed by atoms with Gasteiger partial charge in [0.25, 0.3) is 5.91 Å². The molecule has 5 nitrogen and oxygen atoms in total. The molecular formula is C21H25N3O2. The number of benzene rings is 2. The van der Waals surface area contributed by atoms with Gasteiger partial charge in [-0.3, -0.25) is 9.59 Å². The first kappa shape index (κ1) is 18.0. The van der Waals surface area contributed by atoms with Crippen molar-refractivity contribution >= 4 is 17.5 Å². The van der Waals surface area contributed by atoms with Crippen molar-refractivity contribution in [2.75, 3.05) is 24.5 Å². The van der Waals surface area contributed by atoms with Gasteiger partial charge in [-0.1, -0.05) is 36.4 Å². The summed E-state index contributed by atoms with van der Waals surface area (Å²) < 4.78 is 0. The fourth-order valence-electron chi connectivity index (χ4n) is 3.59. The Morgan fingerprint density at radius 3 is 2.04 bits per heavy atom. The number of rotatable bonds is 4. The average molecular weight is 351 g/mol. The van der Waals surface area contributed by atoms with Gasteiger partial charge in [-0.15, -0.1) is 0 Å². The summed E-state index contributed by atoms with van der Waals surface area (Å²) in [4.78, 5) is 28.9. The van der Waals surface area contributed by atoms with E-state index in [9.17, 15) is 9.59 Å². The molecule has 2 amide bonds.